The Hall–Kier alpha value is -4.97. The fourth-order valence-electron chi connectivity index (χ4n) is 4.64. The van der Waals surface area contributed by atoms with E-state index in [0.29, 0.717) is 44.8 Å². The van der Waals surface area contributed by atoms with E-state index < -0.39 is 10.0 Å². The summed E-state index contributed by atoms with van der Waals surface area (Å²) < 4.78 is 35.9. The first-order valence-corrected chi connectivity index (χ1v) is 15.5. The fraction of sp³-hybridized carbons (Fsp3) is 0.250. The summed E-state index contributed by atoms with van der Waals surface area (Å²) in [5.41, 5.74) is 4.06. The van der Waals surface area contributed by atoms with E-state index in [0.717, 1.165) is 5.56 Å². The molecule has 11 nitrogen and oxygen atoms in total. The van der Waals surface area contributed by atoms with Crippen molar-refractivity contribution in [3.05, 3.63) is 99.7 Å². The number of rotatable bonds is 8. The maximum Gasteiger partial charge on any atom is 0.321 e. The quantitative estimate of drug-likeness (QED) is 0.229. The Morgan fingerprint density at radius 2 is 1.73 bits per heavy atom. The number of carbonyl (C=O) groups is 1. The van der Waals surface area contributed by atoms with Crippen molar-refractivity contribution in [3.63, 3.8) is 0 Å². The van der Waals surface area contributed by atoms with E-state index in [1.165, 1.54) is 6.07 Å². The minimum atomic E-state index is -3.98. The summed E-state index contributed by atoms with van der Waals surface area (Å²) in [6, 6.07) is 18.9. The van der Waals surface area contributed by atoms with Crippen molar-refractivity contribution in [2.45, 2.75) is 52.1 Å². The van der Waals surface area contributed by atoms with Gasteiger partial charge >= 0.3 is 6.03 Å². The maximum absolute atomic E-state index is 13.6. The average Bonchev–Trinajstić information content (AvgIpc) is 3.31. The molecule has 2 heterocycles. The van der Waals surface area contributed by atoms with E-state index in [2.05, 4.69) is 20.2 Å². The third kappa shape index (κ3) is 6.06. The van der Waals surface area contributed by atoms with Gasteiger partial charge in [-0.05, 0) is 70.0 Å². The number of sulfonamides is 1. The molecule has 0 unspecified atom stereocenters. The lowest BCUT2D eigenvalue weighted by atomic mass is 10.0. The van der Waals surface area contributed by atoms with Crippen LogP contribution in [0.5, 0.6) is 0 Å². The number of urea groups is 1. The second-order valence-corrected chi connectivity index (χ2v) is 12.6. The van der Waals surface area contributed by atoms with Crippen molar-refractivity contribution in [2.24, 2.45) is 0 Å². The highest BCUT2D eigenvalue weighted by Gasteiger charge is 2.23. The molecule has 0 fully saturated rings. The van der Waals surface area contributed by atoms with Gasteiger partial charge in [0, 0.05) is 29.9 Å². The molecular weight excluding hydrogens is 580 g/mol. The van der Waals surface area contributed by atoms with E-state index in [-0.39, 0.29) is 35.0 Å². The van der Waals surface area contributed by atoms with Crippen LogP contribution in [-0.2, 0) is 16.6 Å². The Kier molecular flexibility index (Phi) is 8.29. The molecule has 0 saturated heterocycles. The highest BCUT2D eigenvalue weighted by Crippen LogP contribution is 2.30. The first-order valence-electron chi connectivity index (χ1n) is 14.0. The van der Waals surface area contributed by atoms with Crippen molar-refractivity contribution in [3.8, 4) is 11.1 Å². The lowest BCUT2D eigenvalue weighted by Gasteiger charge is -2.22. The molecule has 0 aliphatic rings. The molecule has 0 aliphatic carbocycles. The second kappa shape index (κ2) is 12.0. The van der Waals surface area contributed by atoms with Gasteiger partial charge in [0.15, 0.2) is 0 Å². The summed E-state index contributed by atoms with van der Waals surface area (Å²) in [5.74, 6) is 0.623. The Morgan fingerprint density at radius 3 is 2.39 bits per heavy atom. The Labute approximate surface area is 255 Å². The predicted octanol–water partition coefficient (Wildman–Crippen LogP) is 5.70. The zero-order chi connectivity index (χ0) is 31.8. The standard InChI is InChI=1S/C32H34N6O5S/c1-19(2)37(6)32(40)34-25-15-16-28-27(17-25)31(39)38(22(5)33-28)18-23-11-13-24(14-12-23)26-9-7-8-10-29(26)44(41,42)36-30-20(3)21(4)35-43-30/h7-17,19,36H,18H2,1-6H3,(H,34,40). The van der Waals surface area contributed by atoms with Gasteiger partial charge < -0.3 is 14.7 Å². The van der Waals surface area contributed by atoms with Gasteiger partial charge in [0.05, 0.1) is 28.0 Å². The average molecular weight is 615 g/mol. The minimum Gasteiger partial charge on any atom is -0.337 e. The molecular formula is C32H34N6O5S. The van der Waals surface area contributed by atoms with Crippen molar-refractivity contribution in [1.29, 1.82) is 0 Å². The van der Waals surface area contributed by atoms with E-state index in [9.17, 15) is 18.0 Å². The summed E-state index contributed by atoms with van der Waals surface area (Å²) in [6.07, 6.45) is 0. The molecule has 0 aliphatic heterocycles. The number of nitrogens with one attached hydrogen (secondary N) is 2. The molecule has 228 valence electrons. The first-order chi connectivity index (χ1) is 20.9. The van der Waals surface area contributed by atoms with Crippen LogP contribution < -0.4 is 15.6 Å². The van der Waals surface area contributed by atoms with Gasteiger partial charge in [-0.2, -0.15) is 0 Å². The van der Waals surface area contributed by atoms with Crippen molar-refractivity contribution < 1.29 is 17.7 Å². The molecule has 0 bridgehead atoms. The number of hydrogen-bond donors (Lipinski definition) is 2. The second-order valence-electron chi connectivity index (χ2n) is 10.9. The van der Waals surface area contributed by atoms with E-state index in [4.69, 9.17) is 4.52 Å². The third-order valence-electron chi connectivity index (χ3n) is 7.66. The molecule has 2 amide bonds. The topological polar surface area (TPSA) is 139 Å². The number of benzene rings is 3. The number of anilines is 2. The number of hydrogen-bond acceptors (Lipinski definition) is 7. The molecule has 3 aromatic carbocycles. The molecule has 44 heavy (non-hydrogen) atoms. The number of aromatic nitrogens is 3. The SMILES string of the molecule is Cc1noc(NS(=O)(=O)c2ccccc2-c2ccc(Cn3c(C)nc4ccc(NC(=O)N(C)C(C)C)cc4c3=O)cc2)c1C. The molecule has 5 aromatic rings. The third-order valence-corrected chi connectivity index (χ3v) is 9.05. The molecule has 0 saturated carbocycles. The summed E-state index contributed by atoms with van der Waals surface area (Å²) in [7, 11) is -2.27. The largest absolute Gasteiger partial charge is 0.337 e. The normalized spacial score (nSPS) is 11.6. The number of fused-ring (bicyclic) bond motifs is 1. The number of nitrogens with zero attached hydrogens (tertiary/aromatic N) is 4. The number of carbonyl (C=O) groups excluding carboxylic acids is 1. The Morgan fingerprint density at radius 1 is 1.02 bits per heavy atom. The highest BCUT2D eigenvalue weighted by molar-refractivity contribution is 7.92. The molecule has 5 rings (SSSR count). The van der Waals surface area contributed by atoms with Gasteiger partial charge in [-0.1, -0.05) is 47.6 Å². The summed E-state index contributed by atoms with van der Waals surface area (Å²) in [5, 5.41) is 7.05. The first kappa shape index (κ1) is 30.5. The molecule has 12 heteroatoms. The zero-order valence-electron chi connectivity index (χ0n) is 25.4. The van der Waals surface area contributed by atoms with Crippen LogP contribution in [0.2, 0.25) is 0 Å². The van der Waals surface area contributed by atoms with Crippen LogP contribution in [0, 0.1) is 20.8 Å². The van der Waals surface area contributed by atoms with Gasteiger partial charge in [0.2, 0.25) is 5.88 Å². The Balaban J connectivity index is 1.41. The fourth-order valence-corrected chi connectivity index (χ4v) is 5.92. The molecule has 2 N–H and O–H groups in total. The molecule has 0 spiro atoms. The predicted molar refractivity (Wildman–Crippen MR) is 170 cm³/mol. The van der Waals surface area contributed by atoms with Gasteiger partial charge in [0.1, 0.15) is 5.82 Å². The van der Waals surface area contributed by atoms with Gasteiger partial charge in [-0.15, -0.1) is 0 Å². The van der Waals surface area contributed by atoms with Crippen molar-refractivity contribution in [2.75, 3.05) is 17.1 Å². The molecule has 0 radical (unpaired) electrons. The van der Waals surface area contributed by atoms with Gasteiger partial charge in [-0.25, -0.2) is 22.9 Å². The van der Waals surface area contributed by atoms with Crippen LogP contribution in [-0.4, -0.2) is 47.1 Å². The van der Waals surface area contributed by atoms with Crippen LogP contribution in [0.25, 0.3) is 22.0 Å². The van der Waals surface area contributed by atoms with Crippen LogP contribution in [0.1, 0.15) is 36.5 Å². The van der Waals surface area contributed by atoms with E-state index in [1.807, 2.05) is 38.1 Å². The lowest BCUT2D eigenvalue weighted by Crippen LogP contribution is -2.36. The monoisotopic (exact) mass is 614 g/mol. The summed E-state index contributed by atoms with van der Waals surface area (Å²) >= 11 is 0. The zero-order valence-corrected chi connectivity index (χ0v) is 26.2. The van der Waals surface area contributed by atoms with Crippen LogP contribution in [0.4, 0.5) is 16.4 Å². The van der Waals surface area contributed by atoms with Crippen LogP contribution in [0.15, 0.2) is 80.9 Å². The lowest BCUT2D eigenvalue weighted by molar-refractivity contribution is 0.211. The smallest absolute Gasteiger partial charge is 0.321 e. The van der Waals surface area contributed by atoms with E-state index in [1.54, 1.807) is 73.7 Å². The highest BCUT2D eigenvalue weighted by atomic mass is 32.2. The summed E-state index contributed by atoms with van der Waals surface area (Å²) in [6.45, 7) is 9.33. The van der Waals surface area contributed by atoms with Crippen molar-refractivity contribution in [1.82, 2.24) is 19.6 Å². The van der Waals surface area contributed by atoms with Crippen LogP contribution >= 0.6 is 0 Å². The van der Waals surface area contributed by atoms with Gasteiger partial charge in [-0.3, -0.25) is 9.36 Å². The van der Waals surface area contributed by atoms with Crippen molar-refractivity contribution >= 4 is 38.5 Å². The maximum atomic E-state index is 13.6. The van der Waals surface area contributed by atoms with Gasteiger partial charge in [0.25, 0.3) is 15.6 Å². The Bertz CT molecular complexity index is 2030. The number of aryl methyl sites for hydroxylation is 2. The minimum absolute atomic E-state index is 0.0193. The van der Waals surface area contributed by atoms with E-state index >= 15 is 0 Å². The van der Waals surface area contributed by atoms with Crippen LogP contribution in [0.3, 0.4) is 0 Å². The molecule has 2 aromatic heterocycles. The molecule has 0 atom stereocenters. The summed E-state index contributed by atoms with van der Waals surface area (Å²) in [4.78, 5) is 32.4. The number of amides is 2.